The summed E-state index contributed by atoms with van der Waals surface area (Å²) in [5, 5.41) is 20.9. The fourth-order valence-electron chi connectivity index (χ4n) is 3.75. The van der Waals surface area contributed by atoms with Gasteiger partial charge >= 0.3 is 0 Å². The Morgan fingerprint density at radius 1 is 0.667 bits per heavy atom. The molecule has 1 heterocycles. The predicted octanol–water partition coefficient (Wildman–Crippen LogP) is 5.88. The molecule has 0 spiro atoms. The highest BCUT2D eigenvalue weighted by Crippen LogP contribution is 2.35. The van der Waals surface area contributed by atoms with Gasteiger partial charge in [0.15, 0.2) is 5.69 Å². The molecule has 0 saturated heterocycles. The number of ketones is 1. The second-order valence-electron chi connectivity index (χ2n) is 7.42. The van der Waals surface area contributed by atoms with Crippen molar-refractivity contribution >= 4 is 22.8 Å². The van der Waals surface area contributed by atoms with Gasteiger partial charge in [0, 0.05) is 22.6 Å². The molecule has 0 aliphatic heterocycles. The number of benzene rings is 4. The highest BCUT2D eigenvalue weighted by molar-refractivity contribution is 6.12. The summed E-state index contributed by atoms with van der Waals surface area (Å²) < 4.78 is 0. The molecule has 0 radical (unpaired) electrons. The monoisotopic (exact) mass is 432 g/mol. The van der Waals surface area contributed by atoms with Crippen molar-refractivity contribution in [1.29, 1.82) is 0 Å². The topological polar surface area (TPSA) is 82.1 Å². The van der Waals surface area contributed by atoms with Crippen molar-refractivity contribution in [3.8, 4) is 17.0 Å². The van der Waals surface area contributed by atoms with Gasteiger partial charge in [0.25, 0.3) is 0 Å². The molecule has 0 aliphatic carbocycles. The number of rotatable bonds is 6. The van der Waals surface area contributed by atoms with Gasteiger partial charge in [-0.25, -0.2) is 0 Å². The number of anilines is 3. The molecule has 4 aromatic carbocycles. The third kappa shape index (κ3) is 3.97. The number of aromatic amines is 1. The minimum Gasteiger partial charge on any atom is -0.507 e. The maximum atomic E-state index is 13.0. The maximum absolute atomic E-state index is 13.0. The highest BCUT2D eigenvalue weighted by Gasteiger charge is 2.22. The van der Waals surface area contributed by atoms with E-state index in [9.17, 15) is 9.90 Å². The SMILES string of the molecule is O=C(c1ccccc1O)c1n[nH]nc1-c1ccc(N(c2ccccc2)c2ccccc2)cc1. The molecule has 5 aromatic rings. The number of nitrogens with zero attached hydrogens (tertiary/aromatic N) is 3. The lowest BCUT2D eigenvalue weighted by atomic mass is 10.0. The van der Waals surface area contributed by atoms with Crippen molar-refractivity contribution in [1.82, 2.24) is 15.4 Å². The molecule has 0 saturated carbocycles. The summed E-state index contributed by atoms with van der Waals surface area (Å²) in [4.78, 5) is 15.1. The molecule has 0 amide bonds. The van der Waals surface area contributed by atoms with Crippen LogP contribution in [0.1, 0.15) is 16.1 Å². The Hall–Kier alpha value is -4.71. The van der Waals surface area contributed by atoms with E-state index in [-0.39, 0.29) is 17.0 Å². The largest absolute Gasteiger partial charge is 0.507 e. The van der Waals surface area contributed by atoms with Crippen LogP contribution < -0.4 is 4.90 Å². The highest BCUT2D eigenvalue weighted by atomic mass is 16.3. The number of aromatic nitrogens is 3. The summed E-state index contributed by atoms with van der Waals surface area (Å²) in [6, 6.07) is 34.4. The van der Waals surface area contributed by atoms with E-state index in [0.29, 0.717) is 5.69 Å². The molecule has 160 valence electrons. The average molecular weight is 432 g/mol. The Bertz CT molecular complexity index is 1340. The van der Waals surface area contributed by atoms with Crippen LogP contribution >= 0.6 is 0 Å². The van der Waals surface area contributed by atoms with Gasteiger partial charge in [-0.1, -0.05) is 60.7 Å². The second kappa shape index (κ2) is 8.80. The molecule has 6 heteroatoms. The number of nitrogens with one attached hydrogen (secondary N) is 1. The van der Waals surface area contributed by atoms with E-state index in [1.54, 1.807) is 18.2 Å². The standard InChI is InChI=1S/C27H20N4O2/c32-24-14-8-7-13-23(24)27(33)26-25(28-30-29-26)19-15-17-22(18-16-19)31(20-9-3-1-4-10-20)21-11-5-2-6-12-21/h1-18,32H,(H,28,29,30). The molecule has 0 bridgehead atoms. The number of phenols is 1. The van der Waals surface area contributed by atoms with Crippen molar-refractivity contribution < 1.29 is 9.90 Å². The predicted molar refractivity (Wildman–Crippen MR) is 128 cm³/mol. The van der Waals surface area contributed by atoms with Gasteiger partial charge in [0.2, 0.25) is 5.78 Å². The number of phenolic OH excluding ortho intramolecular Hbond substituents is 1. The van der Waals surface area contributed by atoms with Crippen molar-refractivity contribution in [2.45, 2.75) is 0 Å². The Morgan fingerprint density at radius 2 is 1.21 bits per heavy atom. The van der Waals surface area contributed by atoms with Crippen LogP contribution in [-0.2, 0) is 0 Å². The van der Waals surface area contributed by atoms with Crippen LogP contribution in [0.3, 0.4) is 0 Å². The quantitative estimate of drug-likeness (QED) is 0.328. The summed E-state index contributed by atoms with van der Waals surface area (Å²) in [5.41, 5.74) is 4.55. The van der Waals surface area contributed by atoms with Crippen LogP contribution in [0.2, 0.25) is 0 Å². The zero-order chi connectivity index (χ0) is 22.6. The van der Waals surface area contributed by atoms with Gasteiger partial charge in [-0.3, -0.25) is 4.79 Å². The van der Waals surface area contributed by atoms with Gasteiger partial charge in [-0.2, -0.15) is 15.4 Å². The lowest BCUT2D eigenvalue weighted by Crippen LogP contribution is -2.09. The van der Waals surface area contributed by atoms with Crippen LogP contribution in [0.25, 0.3) is 11.3 Å². The Kier molecular flexibility index (Phi) is 5.39. The zero-order valence-electron chi connectivity index (χ0n) is 17.6. The van der Waals surface area contributed by atoms with E-state index in [1.165, 1.54) is 6.07 Å². The number of carbonyl (C=O) groups excluding carboxylic acids is 1. The molecule has 1 aromatic heterocycles. The van der Waals surface area contributed by atoms with Crippen molar-refractivity contribution in [2.24, 2.45) is 0 Å². The van der Waals surface area contributed by atoms with Crippen LogP contribution in [-0.4, -0.2) is 26.3 Å². The maximum Gasteiger partial charge on any atom is 0.219 e. The van der Waals surface area contributed by atoms with E-state index in [4.69, 9.17) is 0 Å². The average Bonchev–Trinajstić information content (AvgIpc) is 3.36. The molecule has 6 nitrogen and oxygen atoms in total. The third-order valence-electron chi connectivity index (χ3n) is 5.34. The molecule has 2 N–H and O–H groups in total. The van der Waals surface area contributed by atoms with E-state index in [1.807, 2.05) is 60.7 Å². The normalized spacial score (nSPS) is 10.7. The molecule has 0 fully saturated rings. The van der Waals surface area contributed by atoms with Crippen LogP contribution in [0, 0.1) is 0 Å². The molecule has 0 atom stereocenters. The van der Waals surface area contributed by atoms with Gasteiger partial charge in [0.1, 0.15) is 11.4 Å². The summed E-state index contributed by atoms with van der Waals surface area (Å²) >= 11 is 0. The fraction of sp³-hybridized carbons (Fsp3) is 0. The molecule has 33 heavy (non-hydrogen) atoms. The molecule has 0 unspecified atom stereocenters. The Labute approximate surface area is 190 Å². The van der Waals surface area contributed by atoms with Crippen molar-refractivity contribution in [3.05, 3.63) is 120 Å². The summed E-state index contributed by atoms with van der Waals surface area (Å²) in [5.74, 6) is -0.482. The molecule has 5 rings (SSSR count). The number of para-hydroxylation sites is 3. The first-order chi connectivity index (χ1) is 16.2. The van der Waals surface area contributed by atoms with Crippen molar-refractivity contribution in [2.75, 3.05) is 4.90 Å². The minimum absolute atomic E-state index is 0.0897. The van der Waals surface area contributed by atoms with Gasteiger partial charge < -0.3 is 10.0 Å². The van der Waals surface area contributed by atoms with Crippen LogP contribution in [0.5, 0.6) is 5.75 Å². The molecule has 0 aliphatic rings. The van der Waals surface area contributed by atoms with Crippen LogP contribution in [0.4, 0.5) is 17.1 Å². The minimum atomic E-state index is -0.392. The number of aromatic hydroxyl groups is 1. The number of hydrogen-bond acceptors (Lipinski definition) is 5. The van der Waals surface area contributed by atoms with E-state index >= 15 is 0 Å². The second-order valence-corrected chi connectivity index (χ2v) is 7.42. The fourth-order valence-corrected chi connectivity index (χ4v) is 3.75. The zero-order valence-corrected chi connectivity index (χ0v) is 17.6. The molecular formula is C27H20N4O2. The number of carbonyl (C=O) groups is 1. The summed E-state index contributed by atoms with van der Waals surface area (Å²) in [6.45, 7) is 0. The first kappa shape index (κ1) is 20.2. The van der Waals surface area contributed by atoms with Crippen LogP contribution in [0.15, 0.2) is 109 Å². The number of H-pyrrole nitrogens is 1. The Balaban J connectivity index is 1.51. The lowest BCUT2D eigenvalue weighted by Gasteiger charge is -2.25. The van der Waals surface area contributed by atoms with E-state index in [2.05, 4.69) is 44.6 Å². The number of hydrogen-bond donors (Lipinski definition) is 2. The third-order valence-corrected chi connectivity index (χ3v) is 5.34. The lowest BCUT2D eigenvalue weighted by molar-refractivity contribution is 0.103. The summed E-state index contributed by atoms with van der Waals surface area (Å²) in [6.07, 6.45) is 0. The van der Waals surface area contributed by atoms with Crippen molar-refractivity contribution in [3.63, 3.8) is 0 Å². The Morgan fingerprint density at radius 3 is 1.82 bits per heavy atom. The summed E-state index contributed by atoms with van der Waals surface area (Å²) in [7, 11) is 0. The van der Waals surface area contributed by atoms with Gasteiger partial charge in [-0.15, -0.1) is 0 Å². The first-order valence-corrected chi connectivity index (χ1v) is 10.5. The molecular weight excluding hydrogens is 412 g/mol. The van der Waals surface area contributed by atoms with Gasteiger partial charge in [-0.05, 0) is 48.5 Å². The smallest absolute Gasteiger partial charge is 0.219 e. The van der Waals surface area contributed by atoms with E-state index < -0.39 is 5.78 Å². The van der Waals surface area contributed by atoms with Gasteiger partial charge in [0.05, 0.1) is 5.56 Å². The van der Waals surface area contributed by atoms with E-state index in [0.717, 1.165) is 22.6 Å². The first-order valence-electron chi connectivity index (χ1n) is 10.5.